The largest absolute Gasteiger partial charge is 0.492 e. The lowest BCUT2D eigenvalue weighted by atomic mass is 10.2. The van der Waals surface area contributed by atoms with Gasteiger partial charge in [0.25, 0.3) is 10.0 Å². The Labute approximate surface area is 145 Å². The lowest BCUT2D eigenvalue weighted by molar-refractivity contribution is 0.0697. The first-order chi connectivity index (χ1) is 11.2. The highest BCUT2D eigenvalue weighted by Crippen LogP contribution is 2.31. The molecule has 8 heteroatoms. The van der Waals surface area contributed by atoms with Gasteiger partial charge in [0.1, 0.15) is 10.6 Å². The Bertz CT molecular complexity index is 880. The summed E-state index contributed by atoms with van der Waals surface area (Å²) in [6, 6.07) is 8.37. The summed E-state index contributed by atoms with van der Waals surface area (Å²) in [6.45, 7) is 3.77. The molecule has 0 bridgehead atoms. The van der Waals surface area contributed by atoms with Crippen molar-refractivity contribution in [2.24, 2.45) is 0 Å². The van der Waals surface area contributed by atoms with E-state index in [1.165, 1.54) is 30.3 Å². The molecule has 128 valence electrons. The Balaban J connectivity index is 2.46. The van der Waals surface area contributed by atoms with Crippen LogP contribution in [0.25, 0.3) is 0 Å². The van der Waals surface area contributed by atoms with Crippen LogP contribution in [0.3, 0.4) is 0 Å². The van der Waals surface area contributed by atoms with Crippen molar-refractivity contribution >= 4 is 33.3 Å². The molecule has 0 amide bonds. The molecule has 0 saturated heterocycles. The van der Waals surface area contributed by atoms with Crippen LogP contribution in [0.4, 0.5) is 5.69 Å². The minimum Gasteiger partial charge on any atom is -0.492 e. The summed E-state index contributed by atoms with van der Waals surface area (Å²) in [5.74, 6) is -0.967. The fourth-order valence-corrected chi connectivity index (χ4v) is 3.47. The summed E-state index contributed by atoms with van der Waals surface area (Å²) in [5, 5.41) is 9.28. The first-order valence-electron chi connectivity index (χ1n) is 7.03. The second-order valence-corrected chi connectivity index (χ2v) is 7.03. The Kier molecular flexibility index (Phi) is 5.36. The fraction of sp³-hybridized carbons (Fsp3) is 0.188. The van der Waals surface area contributed by atoms with Gasteiger partial charge in [-0.2, -0.15) is 0 Å². The molecule has 0 aliphatic carbocycles. The van der Waals surface area contributed by atoms with Gasteiger partial charge >= 0.3 is 5.97 Å². The zero-order chi connectivity index (χ0) is 17.9. The molecule has 2 N–H and O–H groups in total. The third kappa shape index (κ3) is 3.98. The third-order valence-corrected chi connectivity index (χ3v) is 4.99. The number of carbonyl (C=O) groups is 1. The van der Waals surface area contributed by atoms with Crippen molar-refractivity contribution in [1.82, 2.24) is 0 Å². The molecule has 0 unspecified atom stereocenters. The first-order valence-corrected chi connectivity index (χ1v) is 8.90. The molecule has 0 spiro atoms. The Morgan fingerprint density at radius 3 is 2.62 bits per heavy atom. The average Bonchev–Trinajstić information content (AvgIpc) is 2.50. The van der Waals surface area contributed by atoms with Gasteiger partial charge in [0.2, 0.25) is 0 Å². The number of hydrogen-bond donors (Lipinski definition) is 2. The zero-order valence-corrected chi connectivity index (χ0v) is 14.6. The van der Waals surface area contributed by atoms with Crippen LogP contribution in [0.2, 0.25) is 5.02 Å². The van der Waals surface area contributed by atoms with Crippen molar-refractivity contribution in [2.75, 3.05) is 11.3 Å². The van der Waals surface area contributed by atoms with Gasteiger partial charge in [0, 0.05) is 10.7 Å². The standard InChI is InChI=1S/C16H16ClNO5S/c1-3-23-14-7-10(2)13(17)9-15(14)24(21,22)18-12-6-4-5-11(8-12)16(19)20/h4-9,18H,3H2,1-2H3,(H,19,20). The summed E-state index contributed by atoms with van der Waals surface area (Å²) in [5.41, 5.74) is 0.795. The summed E-state index contributed by atoms with van der Waals surface area (Å²) >= 11 is 6.04. The molecule has 0 aromatic heterocycles. The van der Waals surface area contributed by atoms with Gasteiger partial charge in [-0.25, -0.2) is 13.2 Å². The van der Waals surface area contributed by atoms with Crippen molar-refractivity contribution in [3.8, 4) is 5.75 Å². The van der Waals surface area contributed by atoms with Crippen molar-refractivity contribution in [3.05, 3.63) is 52.5 Å². The van der Waals surface area contributed by atoms with E-state index < -0.39 is 16.0 Å². The van der Waals surface area contributed by atoms with Crippen molar-refractivity contribution in [1.29, 1.82) is 0 Å². The summed E-state index contributed by atoms with van der Waals surface area (Å²) < 4.78 is 33.0. The number of benzene rings is 2. The predicted octanol–water partition coefficient (Wildman–Crippen LogP) is 3.55. The lowest BCUT2D eigenvalue weighted by Gasteiger charge is -2.14. The van der Waals surface area contributed by atoms with Gasteiger partial charge in [-0.1, -0.05) is 17.7 Å². The number of aromatic carboxylic acids is 1. The molecule has 0 fully saturated rings. The van der Waals surface area contributed by atoms with Gasteiger partial charge in [-0.05, 0) is 49.7 Å². The van der Waals surface area contributed by atoms with Crippen LogP contribution < -0.4 is 9.46 Å². The van der Waals surface area contributed by atoms with E-state index in [0.717, 1.165) is 0 Å². The number of aryl methyl sites for hydroxylation is 1. The Morgan fingerprint density at radius 2 is 2.00 bits per heavy atom. The van der Waals surface area contributed by atoms with Crippen molar-refractivity contribution in [2.45, 2.75) is 18.7 Å². The molecule has 24 heavy (non-hydrogen) atoms. The van der Waals surface area contributed by atoms with Gasteiger partial charge in [0.15, 0.2) is 0 Å². The quantitative estimate of drug-likeness (QED) is 0.812. The van der Waals surface area contributed by atoms with E-state index in [0.29, 0.717) is 5.56 Å². The summed E-state index contributed by atoms with van der Waals surface area (Å²) in [4.78, 5) is 10.9. The number of ether oxygens (including phenoxy) is 1. The molecule has 0 radical (unpaired) electrons. The molecular formula is C16H16ClNO5S. The predicted molar refractivity (Wildman–Crippen MR) is 91.6 cm³/mol. The SMILES string of the molecule is CCOc1cc(C)c(Cl)cc1S(=O)(=O)Nc1cccc(C(=O)O)c1. The van der Waals surface area contributed by atoms with Crippen LogP contribution in [0.1, 0.15) is 22.8 Å². The maximum absolute atomic E-state index is 12.6. The topological polar surface area (TPSA) is 92.7 Å². The molecule has 2 aromatic carbocycles. The zero-order valence-electron chi connectivity index (χ0n) is 13.0. The summed E-state index contributed by atoms with van der Waals surface area (Å²) in [7, 11) is -4.00. The van der Waals surface area contributed by atoms with Crippen LogP contribution in [-0.4, -0.2) is 26.1 Å². The van der Waals surface area contributed by atoms with Gasteiger partial charge in [0.05, 0.1) is 12.2 Å². The molecular weight excluding hydrogens is 354 g/mol. The van der Waals surface area contributed by atoms with E-state index in [2.05, 4.69) is 4.72 Å². The number of rotatable bonds is 6. The van der Waals surface area contributed by atoms with E-state index in [9.17, 15) is 13.2 Å². The van der Waals surface area contributed by atoms with Crippen LogP contribution in [0, 0.1) is 6.92 Å². The highest BCUT2D eigenvalue weighted by molar-refractivity contribution is 7.92. The van der Waals surface area contributed by atoms with Gasteiger partial charge in [-0.3, -0.25) is 4.72 Å². The maximum atomic E-state index is 12.6. The smallest absolute Gasteiger partial charge is 0.335 e. The number of carboxylic acid groups (broad SMARTS) is 1. The van der Waals surface area contributed by atoms with Crippen LogP contribution in [-0.2, 0) is 10.0 Å². The van der Waals surface area contributed by atoms with E-state index in [1.807, 2.05) is 0 Å². The van der Waals surface area contributed by atoms with Crippen LogP contribution >= 0.6 is 11.6 Å². The molecule has 2 aromatic rings. The van der Waals surface area contributed by atoms with Crippen LogP contribution in [0.5, 0.6) is 5.75 Å². The molecule has 0 aliphatic rings. The Morgan fingerprint density at radius 1 is 1.29 bits per heavy atom. The molecule has 2 rings (SSSR count). The summed E-state index contributed by atoms with van der Waals surface area (Å²) in [6.07, 6.45) is 0. The second-order valence-electron chi connectivity index (χ2n) is 4.97. The van der Waals surface area contributed by atoms with Crippen molar-refractivity contribution < 1.29 is 23.1 Å². The number of anilines is 1. The van der Waals surface area contributed by atoms with Gasteiger partial charge < -0.3 is 9.84 Å². The van der Waals surface area contributed by atoms with E-state index in [-0.39, 0.29) is 33.5 Å². The Hall–Kier alpha value is -2.25. The number of halogens is 1. The highest BCUT2D eigenvalue weighted by Gasteiger charge is 2.22. The lowest BCUT2D eigenvalue weighted by Crippen LogP contribution is -2.15. The minimum absolute atomic E-state index is 0.0258. The third-order valence-electron chi connectivity index (χ3n) is 3.18. The first kappa shape index (κ1) is 18.1. The van der Waals surface area contributed by atoms with E-state index in [4.69, 9.17) is 21.4 Å². The van der Waals surface area contributed by atoms with E-state index >= 15 is 0 Å². The fourth-order valence-electron chi connectivity index (χ4n) is 2.04. The maximum Gasteiger partial charge on any atom is 0.335 e. The monoisotopic (exact) mass is 369 g/mol. The number of nitrogens with one attached hydrogen (secondary N) is 1. The molecule has 0 atom stereocenters. The average molecular weight is 370 g/mol. The number of carboxylic acids is 1. The molecule has 0 aliphatic heterocycles. The molecule has 0 heterocycles. The number of sulfonamides is 1. The van der Waals surface area contributed by atoms with E-state index in [1.54, 1.807) is 19.9 Å². The van der Waals surface area contributed by atoms with Crippen LogP contribution in [0.15, 0.2) is 41.3 Å². The second kappa shape index (κ2) is 7.11. The number of hydrogen-bond acceptors (Lipinski definition) is 4. The van der Waals surface area contributed by atoms with Gasteiger partial charge in [-0.15, -0.1) is 0 Å². The molecule has 6 nitrogen and oxygen atoms in total. The van der Waals surface area contributed by atoms with Crippen molar-refractivity contribution in [3.63, 3.8) is 0 Å². The highest BCUT2D eigenvalue weighted by atomic mass is 35.5. The normalized spacial score (nSPS) is 11.1. The minimum atomic E-state index is -4.00. The molecule has 0 saturated carbocycles.